The maximum atomic E-state index is 12.8. The molecule has 9 heteroatoms. The predicted molar refractivity (Wildman–Crippen MR) is 86.6 cm³/mol. The van der Waals surface area contributed by atoms with Gasteiger partial charge in [0.05, 0.1) is 0 Å². The molecule has 22 heavy (non-hydrogen) atoms. The summed E-state index contributed by atoms with van der Waals surface area (Å²) in [4.78, 5) is 11.9. The van der Waals surface area contributed by atoms with Crippen LogP contribution in [0.5, 0.6) is 0 Å². The van der Waals surface area contributed by atoms with Gasteiger partial charge in [-0.1, -0.05) is 6.42 Å². The first-order chi connectivity index (χ1) is 9.91. The van der Waals surface area contributed by atoms with Gasteiger partial charge < -0.3 is 15.6 Å². The lowest BCUT2D eigenvalue weighted by molar-refractivity contribution is 0.0955. The van der Waals surface area contributed by atoms with Gasteiger partial charge in [0.1, 0.15) is 10.6 Å². The molecule has 0 aromatic carbocycles. The van der Waals surface area contributed by atoms with Crippen molar-refractivity contribution < 1.29 is 13.2 Å². The zero-order chi connectivity index (χ0) is 15.6. The van der Waals surface area contributed by atoms with Gasteiger partial charge in [0, 0.05) is 39.4 Å². The molecule has 1 amide bonds. The fourth-order valence-electron chi connectivity index (χ4n) is 2.69. The third-order valence-corrected chi connectivity index (χ3v) is 5.81. The van der Waals surface area contributed by atoms with Gasteiger partial charge in [-0.3, -0.25) is 4.79 Å². The number of sulfonamides is 1. The van der Waals surface area contributed by atoms with Crippen molar-refractivity contribution in [2.75, 3.05) is 20.1 Å². The Morgan fingerprint density at radius 2 is 2.14 bits per heavy atom. The molecule has 2 heterocycles. The molecule has 1 fully saturated rings. The molecule has 0 aliphatic carbocycles. The zero-order valence-corrected chi connectivity index (χ0v) is 14.4. The van der Waals surface area contributed by atoms with Crippen LogP contribution >= 0.6 is 12.4 Å². The summed E-state index contributed by atoms with van der Waals surface area (Å²) < 4.78 is 28.5. The number of aryl methyl sites for hydroxylation is 1. The molecular weight excluding hydrogens is 328 g/mol. The predicted octanol–water partition coefficient (Wildman–Crippen LogP) is 0.308. The van der Waals surface area contributed by atoms with Crippen LogP contribution in [0, 0.1) is 0 Å². The summed E-state index contributed by atoms with van der Waals surface area (Å²) in [5.74, 6) is -0.312. The van der Waals surface area contributed by atoms with E-state index >= 15 is 0 Å². The van der Waals surface area contributed by atoms with E-state index in [0.717, 1.165) is 19.3 Å². The van der Waals surface area contributed by atoms with E-state index in [0.29, 0.717) is 18.8 Å². The monoisotopic (exact) mass is 350 g/mol. The number of hydrogen-bond acceptors (Lipinski definition) is 4. The molecule has 3 N–H and O–H groups in total. The van der Waals surface area contributed by atoms with Crippen molar-refractivity contribution in [2.24, 2.45) is 12.8 Å². The van der Waals surface area contributed by atoms with E-state index in [1.807, 2.05) is 0 Å². The Bertz CT molecular complexity index is 629. The van der Waals surface area contributed by atoms with Gasteiger partial charge in [-0.15, -0.1) is 12.4 Å². The smallest absolute Gasteiger partial charge is 0.267 e. The van der Waals surface area contributed by atoms with E-state index in [4.69, 9.17) is 5.73 Å². The molecule has 1 aliphatic rings. The summed E-state index contributed by atoms with van der Waals surface area (Å²) in [7, 11) is -0.449. The van der Waals surface area contributed by atoms with Crippen LogP contribution in [-0.2, 0) is 17.1 Å². The summed E-state index contributed by atoms with van der Waals surface area (Å²) in [6, 6.07) is 1.25. The highest BCUT2D eigenvalue weighted by Gasteiger charge is 2.34. The Labute approximate surface area is 137 Å². The van der Waals surface area contributed by atoms with Crippen molar-refractivity contribution in [3.05, 3.63) is 18.0 Å². The third-order valence-electron chi connectivity index (χ3n) is 3.89. The minimum atomic E-state index is -3.61. The van der Waals surface area contributed by atoms with Crippen molar-refractivity contribution in [3.8, 4) is 0 Å². The Morgan fingerprint density at radius 3 is 2.73 bits per heavy atom. The van der Waals surface area contributed by atoms with E-state index in [-0.39, 0.29) is 29.3 Å². The average Bonchev–Trinajstić information content (AvgIpc) is 2.89. The quantitative estimate of drug-likeness (QED) is 0.816. The van der Waals surface area contributed by atoms with Crippen LogP contribution in [0.3, 0.4) is 0 Å². The molecule has 0 bridgehead atoms. The number of piperidine rings is 1. The van der Waals surface area contributed by atoms with Gasteiger partial charge in [-0.25, -0.2) is 8.42 Å². The number of amides is 1. The van der Waals surface area contributed by atoms with Gasteiger partial charge in [-0.05, 0) is 18.9 Å². The topological polar surface area (TPSA) is 97.4 Å². The number of nitrogens with zero attached hydrogens (tertiary/aromatic N) is 2. The number of halogens is 1. The Hall–Kier alpha value is -1.09. The molecule has 1 saturated heterocycles. The average molecular weight is 351 g/mol. The molecule has 7 nitrogen and oxygen atoms in total. The van der Waals surface area contributed by atoms with Crippen molar-refractivity contribution >= 4 is 28.3 Å². The Kier molecular flexibility index (Phi) is 6.42. The lowest BCUT2D eigenvalue weighted by atomic mass is 10.1. The van der Waals surface area contributed by atoms with Crippen molar-refractivity contribution in [2.45, 2.75) is 30.2 Å². The summed E-state index contributed by atoms with van der Waals surface area (Å²) in [5.41, 5.74) is 6.01. The van der Waals surface area contributed by atoms with Gasteiger partial charge in [0.25, 0.3) is 5.91 Å². The summed E-state index contributed by atoms with van der Waals surface area (Å²) in [6.45, 7) is 0.794. The second-order valence-corrected chi connectivity index (χ2v) is 7.14. The SMILES string of the molecule is CNC(=O)c1cc(S(=O)(=O)N2CCCCC2CN)cn1C.Cl. The number of carbonyl (C=O) groups is 1. The zero-order valence-electron chi connectivity index (χ0n) is 12.8. The largest absolute Gasteiger partial charge is 0.354 e. The Morgan fingerprint density at radius 1 is 1.45 bits per heavy atom. The first-order valence-corrected chi connectivity index (χ1v) is 8.46. The van der Waals surface area contributed by atoms with Crippen LogP contribution in [0.1, 0.15) is 29.8 Å². The van der Waals surface area contributed by atoms with Gasteiger partial charge in [-0.2, -0.15) is 4.31 Å². The number of nitrogens with one attached hydrogen (secondary N) is 1. The van der Waals surface area contributed by atoms with E-state index in [9.17, 15) is 13.2 Å². The van der Waals surface area contributed by atoms with Gasteiger partial charge >= 0.3 is 0 Å². The molecule has 1 unspecified atom stereocenters. The molecule has 1 aromatic heterocycles. The van der Waals surface area contributed by atoms with Crippen molar-refractivity contribution in [3.63, 3.8) is 0 Å². The molecule has 126 valence electrons. The number of carbonyl (C=O) groups excluding carboxylic acids is 1. The minimum absolute atomic E-state index is 0. The first kappa shape index (κ1) is 19.0. The van der Waals surface area contributed by atoms with Crippen LogP contribution in [-0.4, -0.2) is 49.4 Å². The van der Waals surface area contributed by atoms with Crippen molar-refractivity contribution in [1.82, 2.24) is 14.2 Å². The molecule has 0 saturated carbocycles. The first-order valence-electron chi connectivity index (χ1n) is 7.02. The molecule has 2 rings (SSSR count). The lowest BCUT2D eigenvalue weighted by Crippen LogP contribution is -2.47. The lowest BCUT2D eigenvalue weighted by Gasteiger charge is -2.33. The van der Waals surface area contributed by atoms with E-state index in [1.165, 1.54) is 28.2 Å². The van der Waals surface area contributed by atoms with Gasteiger partial charge in [0.2, 0.25) is 10.0 Å². The fraction of sp³-hybridized carbons (Fsp3) is 0.615. The second-order valence-electron chi connectivity index (χ2n) is 5.25. The maximum Gasteiger partial charge on any atom is 0.267 e. The minimum Gasteiger partial charge on any atom is -0.354 e. The summed E-state index contributed by atoms with van der Waals surface area (Å²) >= 11 is 0. The summed E-state index contributed by atoms with van der Waals surface area (Å²) in [5, 5.41) is 2.50. The highest BCUT2D eigenvalue weighted by Crippen LogP contribution is 2.26. The molecular formula is C13H23ClN4O3S. The maximum absolute atomic E-state index is 12.8. The Balaban J connectivity index is 0.00000242. The van der Waals surface area contributed by atoms with E-state index in [1.54, 1.807) is 7.05 Å². The summed E-state index contributed by atoms with van der Waals surface area (Å²) in [6.07, 6.45) is 4.09. The van der Waals surface area contributed by atoms with E-state index in [2.05, 4.69) is 5.32 Å². The van der Waals surface area contributed by atoms with Crippen LogP contribution in [0.4, 0.5) is 0 Å². The van der Waals surface area contributed by atoms with Crippen LogP contribution < -0.4 is 11.1 Å². The second kappa shape index (κ2) is 7.45. The van der Waals surface area contributed by atoms with Gasteiger partial charge in [0.15, 0.2) is 0 Å². The molecule has 0 radical (unpaired) electrons. The molecule has 0 spiro atoms. The molecule has 1 aliphatic heterocycles. The molecule has 1 atom stereocenters. The van der Waals surface area contributed by atoms with E-state index < -0.39 is 10.0 Å². The number of rotatable bonds is 4. The van der Waals surface area contributed by atoms with Crippen LogP contribution in [0.2, 0.25) is 0 Å². The number of aromatic nitrogens is 1. The van der Waals surface area contributed by atoms with Crippen LogP contribution in [0.25, 0.3) is 0 Å². The van der Waals surface area contributed by atoms with Crippen LogP contribution in [0.15, 0.2) is 17.2 Å². The molecule has 1 aromatic rings. The third kappa shape index (κ3) is 3.45. The normalized spacial score (nSPS) is 19.5. The number of nitrogens with two attached hydrogens (primary N) is 1. The standard InChI is InChI=1S/C13H22N4O3S.ClH/c1-15-13(18)12-7-11(9-16(12)2)21(19,20)17-6-4-3-5-10(17)8-14;/h7,9-10H,3-6,8,14H2,1-2H3,(H,15,18);1H. The number of hydrogen-bond donors (Lipinski definition) is 2. The highest BCUT2D eigenvalue weighted by molar-refractivity contribution is 7.89. The fourth-order valence-corrected chi connectivity index (χ4v) is 4.47. The highest BCUT2D eigenvalue weighted by atomic mass is 35.5. The van der Waals surface area contributed by atoms with Crippen molar-refractivity contribution in [1.29, 1.82) is 0 Å².